The van der Waals surface area contributed by atoms with Gasteiger partial charge in [-0.3, -0.25) is 4.79 Å². The van der Waals surface area contributed by atoms with Gasteiger partial charge in [-0.15, -0.1) is 0 Å². The maximum absolute atomic E-state index is 12.6. The largest absolute Gasteiger partial charge is 0.393 e. The van der Waals surface area contributed by atoms with Crippen molar-refractivity contribution in [2.75, 3.05) is 101 Å². The molecule has 212 valence electrons. The average Bonchev–Trinajstić information content (AvgIpc) is 2.92. The van der Waals surface area contributed by atoms with E-state index in [-0.39, 0.29) is 11.9 Å². The van der Waals surface area contributed by atoms with Crippen LogP contribution in [0.2, 0.25) is 0 Å². The summed E-state index contributed by atoms with van der Waals surface area (Å²) in [4.78, 5) is 40.8. The Morgan fingerprint density at radius 3 is 2.23 bits per heavy atom. The molecule has 4 rings (SSSR count). The zero-order chi connectivity index (χ0) is 28.1. The van der Waals surface area contributed by atoms with Crippen molar-refractivity contribution < 1.29 is 9.53 Å². The van der Waals surface area contributed by atoms with E-state index in [1.165, 1.54) is 0 Å². The molecule has 13 nitrogen and oxygen atoms in total. The molecule has 0 spiro atoms. The van der Waals surface area contributed by atoms with Gasteiger partial charge in [0.2, 0.25) is 11.9 Å². The Labute approximate surface area is 230 Å². The van der Waals surface area contributed by atoms with E-state index in [1.54, 1.807) is 12.4 Å². The highest BCUT2D eigenvalue weighted by molar-refractivity contribution is 5.80. The first-order valence-corrected chi connectivity index (χ1v) is 13.4. The van der Waals surface area contributed by atoms with Gasteiger partial charge in [-0.25, -0.2) is 19.9 Å². The van der Waals surface area contributed by atoms with Crippen LogP contribution >= 0.6 is 0 Å². The van der Waals surface area contributed by atoms with Crippen LogP contribution in [-0.4, -0.2) is 120 Å². The van der Waals surface area contributed by atoms with Gasteiger partial charge < -0.3 is 40.7 Å². The summed E-state index contributed by atoms with van der Waals surface area (Å²) in [5, 5.41) is 0. The van der Waals surface area contributed by atoms with Crippen molar-refractivity contribution in [3.63, 3.8) is 0 Å². The number of nitrogens with two attached hydrogens (primary N) is 2. The Morgan fingerprint density at radius 1 is 1.03 bits per heavy atom. The van der Waals surface area contributed by atoms with Gasteiger partial charge >= 0.3 is 0 Å². The maximum Gasteiger partial charge on any atom is 0.236 e. The molecule has 4 heterocycles. The number of anilines is 4. The van der Waals surface area contributed by atoms with Crippen molar-refractivity contribution in [1.82, 2.24) is 34.6 Å². The minimum Gasteiger partial charge on any atom is -0.393 e. The second-order valence-electron chi connectivity index (χ2n) is 10.6. The molecule has 2 fully saturated rings. The Bertz CT molecular complexity index is 1140. The van der Waals surface area contributed by atoms with Crippen molar-refractivity contribution in [2.24, 2.45) is 5.92 Å². The van der Waals surface area contributed by atoms with Crippen LogP contribution in [0.1, 0.15) is 13.8 Å². The van der Waals surface area contributed by atoms with Crippen LogP contribution in [0.25, 0.3) is 11.4 Å². The summed E-state index contributed by atoms with van der Waals surface area (Å²) >= 11 is 0. The smallest absolute Gasteiger partial charge is 0.236 e. The number of rotatable bonds is 9. The zero-order valence-corrected chi connectivity index (χ0v) is 23.5. The fourth-order valence-electron chi connectivity index (χ4n) is 4.69. The molecule has 0 bridgehead atoms. The molecular weight excluding hydrogens is 498 g/mol. The lowest BCUT2D eigenvalue weighted by Gasteiger charge is -2.41. The van der Waals surface area contributed by atoms with Crippen molar-refractivity contribution in [3.8, 4) is 11.4 Å². The molecule has 4 N–H and O–H groups in total. The number of hydrogen-bond donors (Lipinski definition) is 2. The van der Waals surface area contributed by atoms with Crippen LogP contribution in [-0.2, 0) is 9.53 Å². The monoisotopic (exact) mass is 539 g/mol. The highest BCUT2D eigenvalue weighted by Gasteiger charge is 2.29. The van der Waals surface area contributed by atoms with Crippen LogP contribution in [0.5, 0.6) is 0 Å². The topological polar surface area (TPSA) is 146 Å². The number of amides is 1. The van der Waals surface area contributed by atoms with Crippen molar-refractivity contribution in [3.05, 3.63) is 24.8 Å². The molecule has 0 unspecified atom stereocenters. The number of hydrogen-bond acceptors (Lipinski definition) is 12. The molecule has 0 aromatic carbocycles. The predicted molar refractivity (Wildman–Crippen MR) is 153 cm³/mol. The standard InChI is InChI=1S/C26H41N11O2/c1-18(2)16-37(19(3)34-6-8-35(9-7-34)21(38)17-33(4)5)25-22(27)24(36-10-12-39-13-11-36)31-23(32-25)20-14-29-26(28)30-15-20/h14-15,18H,3,6-13,16-17,27H2,1-2,4-5H3,(H2,28,29,30). The molecule has 0 atom stereocenters. The number of ether oxygens (including phenoxy) is 1. The van der Waals surface area contributed by atoms with Crippen LogP contribution in [0.3, 0.4) is 0 Å². The Hall–Kier alpha value is -3.71. The molecule has 2 aromatic rings. The number of nitrogens with zero attached hydrogens (tertiary/aromatic N) is 9. The lowest BCUT2D eigenvalue weighted by molar-refractivity contribution is -0.133. The summed E-state index contributed by atoms with van der Waals surface area (Å²) in [5.41, 5.74) is 13.7. The molecular formula is C26H41N11O2. The first-order valence-electron chi connectivity index (χ1n) is 13.4. The van der Waals surface area contributed by atoms with E-state index in [9.17, 15) is 4.79 Å². The summed E-state index contributed by atoms with van der Waals surface area (Å²) in [5.74, 6) is 3.10. The van der Waals surface area contributed by atoms with Gasteiger partial charge in [0.1, 0.15) is 11.5 Å². The third-order valence-electron chi connectivity index (χ3n) is 6.71. The highest BCUT2D eigenvalue weighted by atomic mass is 16.5. The molecule has 2 saturated heterocycles. The van der Waals surface area contributed by atoms with Crippen LogP contribution in [0.4, 0.5) is 23.3 Å². The summed E-state index contributed by atoms with van der Waals surface area (Å²) in [6.45, 7) is 15.0. The number of carbonyl (C=O) groups excluding carboxylic acids is 1. The molecule has 2 aliphatic heterocycles. The normalized spacial score (nSPS) is 16.2. The van der Waals surface area contributed by atoms with E-state index < -0.39 is 0 Å². The lowest BCUT2D eigenvalue weighted by atomic mass is 10.2. The van der Waals surface area contributed by atoms with E-state index in [1.807, 2.05) is 23.9 Å². The molecule has 0 radical (unpaired) electrons. The number of likely N-dealkylation sites (N-methyl/N-ethyl adjacent to an activating group) is 1. The molecule has 13 heteroatoms. The number of piperazine rings is 1. The fraction of sp³-hybridized carbons (Fsp3) is 0.577. The van der Waals surface area contributed by atoms with Crippen molar-refractivity contribution in [1.29, 1.82) is 0 Å². The maximum atomic E-state index is 12.6. The predicted octanol–water partition coefficient (Wildman–Crippen LogP) is 0.574. The summed E-state index contributed by atoms with van der Waals surface area (Å²) in [6.07, 6.45) is 3.23. The lowest BCUT2D eigenvalue weighted by Crippen LogP contribution is -2.52. The quantitative estimate of drug-likeness (QED) is 0.459. The number of carbonyl (C=O) groups is 1. The Kier molecular flexibility index (Phi) is 9.02. The molecule has 39 heavy (non-hydrogen) atoms. The fourth-order valence-corrected chi connectivity index (χ4v) is 4.69. The molecule has 2 aromatic heterocycles. The average molecular weight is 540 g/mol. The highest BCUT2D eigenvalue weighted by Crippen LogP contribution is 2.35. The third-order valence-corrected chi connectivity index (χ3v) is 6.71. The molecule has 0 aliphatic carbocycles. The van der Waals surface area contributed by atoms with E-state index in [0.29, 0.717) is 100 Å². The van der Waals surface area contributed by atoms with Gasteiger partial charge in [0, 0.05) is 58.2 Å². The van der Waals surface area contributed by atoms with Crippen molar-refractivity contribution >= 4 is 29.2 Å². The van der Waals surface area contributed by atoms with E-state index in [2.05, 4.69) is 45.1 Å². The van der Waals surface area contributed by atoms with Gasteiger partial charge in [-0.05, 0) is 20.0 Å². The first-order chi connectivity index (χ1) is 18.6. The molecule has 2 aliphatic rings. The first kappa shape index (κ1) is 28.3. The number of aromatic nitrogens is 4. The third kappa shape index (κ3) is 6.84. The molecule has 1 amide bonds. The van der Waals surface area contributed by atoms with Crippen LogP contribution < -0.4 is 21.3 Å². The van der Waals surface area contributed by atoms with Crippen LogP contribution in [0.15, 0.2) is 24.8 Å². The Morgan fingerprint density at radius 2 is 1.64 bits per heavy atom. The van der Waals surface area contributed by atoms with Gasteiger partial charge in [0.05, 0.1) is 25.3 Å². The minimum absolute atomic E-state index is 0.134. The van der Waals surface area contributed by atoms with E-state index in [4.69, 9.17) is 26.2 Å². The SMILES string of the molecule is C=C(N1CCN(C(=O)CN(C)C)CC1)N(CC(C)C)c1nc(-c2cnc(N)nc2)nc(N2CCOCC2)c1N. The summed E-state index contributed by atoms with van der Waals surface area (Å²) < 4.78 is 5.56. The second kappa shape index (κ2) is 12.4. The number of nitrogen functional groups attached to an aromatic ring is 2. The number of morpholine rings is 1. The van der Waals surface area contributed by atoms with E-state index >= 15 is 0 Å². The zero-order valence-electron chi connectivity index (χ0n) is 23.5. The van der Waals surface area contributed by atoms with Crippen LogP contribution in [0, 0.1) is 5.92 Å². The van der Waals surface area contributed by atoms with Gasteiger partial charge in [-0.2, -0.15) is 0 Å². The minimum atomic E-state index is 0.134. The second-order valence-corrected chi connectivity index (χ2v) is 10.6. The van der Waals surface area contributed by atoms with Gasteiger partial charge in [0.15, 0.2) is 17.5 Å². The van der Waals surface area contributed by atoms with E-state index in [0.717, 1.165) is 5.82 Å². The molecule has 0 saturated carbocycles. The Balaban J connectivity index is 1.67. The van der Waals surface area contributed by atoms with Gasteiger partial charge in [-0.1, -0.05) is 20.4 Å². The summed E-state index contributed by atoms with van der Waals surface area (Å²) in [7, 11) is 3.81. The summed E-state index contributed by atoms with van der Waals surface area (Å²) in [6, 6.07) is 0. The van der Waals surface area contributed by atoms with Gasteiger partial charge in [0.25, 0.3) is 0 Å². The van der Waals surface area contributed by atoms with Crippen molar-refractivity contribution in [2.45, 2.75) is 13.8 Å².